The molecule has 19 heteroatoms. The van der Waals surface area contributed by atoms with Gasteiger partial charge in [-0.3, -0.25) is 0 Å². The maximum Gasteiger partial charge on any atom is 0.573 e. The molecule has 0 spiro atoms. The number of aromatic hydroxyl groups is 1. The Balaban J connectivity index is 0.804. The summed E-state index contributed by atoms with van der Waals surface area (Å²) in [4.78, 5) is 21.4. The van der Waals surface area contributed by atoms with E-state index in [1.807, 2.05) is 54.6 Å². The molecule has 2 unspecified atom stereocenters. The zero-order valence-corrected chi connectivity index (χ0v) is 42.7. The van der Waals surface area contributed by atoms with Crippen molar-refractivity contribution in [3.8, 4) is 22.6 Å². The largest absolute Gasteiger partial charge is 0.573 e. The number of thioether (sulfide) groups is 2. The van der Waals surface area contributed by atoms with Crippen molar-refractivity contribution in [2.24, 2.45) is 51.8 Å². The van der Waals surface area contributed by atoms with Crippen molar-refractivity contribution in [3.05, 3.63) is 203 Å². The fourth-order valence-electron chi connectivity index (χ4n) is 8.74. The molecular formula is C58H49F3N12O2S2. The van der Waals surface area contributed by atoms with Crippen LogP contribution < -0.4 is 26.0 Å². The SMILES string of the molecule is NC(=NC=Nc1ccc(O)cc1)c1ccc(/C=N\N=C2SCCN2c2ccccc2C2CC2c2ccc(-c3ccccc3)c(N3CCS/C3=N/N=C\c3ccc(C(N)=NC=Nc4ccc(OC(F)(F)F)cc4)cc3)c2)cc1. The van der Waals surface area contributed by atoms with Crippen molar-refractivity contribution in [3.63, 3.8) is 0 Å². The molecule has 2 saturated heterocycles. The summed E-state index contributed by atoms with van der Waals surface area (Å²) < 4.78 is 41.4. The number of nitrogens with two attached hydrogens (primary N) is 2. The molecule has 2 atom stereocenters. The third-order valence-electron chi connectivity index (χ3n) is 12.6. The highest BCUT2D eigenvalue weighted by Crippen LogP contribution is 2.58. The lowest BCUT2D eigenvalue weighted by atomic mass is 9.97. The third kappa shape index (κ3) is 13.4. The van der Waals surface area contributed by atoms with Gasteiger partial charge in [0.25, 0.3) is 0 Å². The minimum atomic E-state index is -4.77. The summed E-state index contributed by atoms with van der Waals surface area (Å²) in [6.45, 7) is 1.60. The number of nitrogens with zero attached hydrogens (tertiary/aromatic N) is 10. The summed E-state index contributed by atoms with van der Waals surface area (Å²) >= 11 is 3.37. The average Bonchev–Trinajstić information content (AvgIpc) is 4.01. The molecule has 77 heavy (non-hydrogen) atoms. The van der Waals surface area contributed by atoms with Gasteiger partial charge in [-0.2, -0.15) is 10.2 Å². The summed E-state index contributed by atoms with van der Waals surface area (Å²) in [6.07, 6.45) is 2.32. The number of amidine groups is 4. The van der Waals surface area contributed by atoms with Crippen molar-refractivity contribution in [1.29, 1.82) is 0 Å². The monoisotopic (exact) mass is 1070 g/mol. The number of anilines is 2. The molecule has 0 bridgehead atoms. The average molecular weight is 1070 g/mol. The lowest BCUT2D eigenvalue weighted by Gasteiger charge is -2.23. The van der Waals surface area contributed by atoms with Crippen LogP contribution >= 0.6 is 23.5 Å². The standard InChI is InChI=1S/C58H49F3N12O2S2/c59-58(60,61)75-47-25-21-45(22-26-47)65-37-67-55(63)42-16-12-39(13-17-42)35-69-71-57-73(29-31-77-57)53-32-43(18-27-48(53)40-6-2-1-3-7-40)50-33-51(50)49-8-4-5-9-52(49)72-28-30-76-56(72)70-68-34-38-10-14-41(15-11-38)54(62)66-36-64-44-19-23-46(74)24-20-44/h1-27,32,34-37,50-51,74H,28-31,33H2,(H2,62,64,66)(H2,63,65,67)/b68-34-,69-35-,70-56?,71-57+. The molecule has 5 N–H and O–H groups in total. The lowest BCUT2D eigenvalue weighted by Crippen LogP contribution is -2.24. The predicted octanol–water partition coefficient (Wildman–Crippen LogP) is 12.2. The molecule has 7 aromatic carbocycles. The number of phenolic OH excluding ortho intramolecular Hbond substituents is 1. The lowest BCUT2D eigenvalue weighted by molar-refractivity contribution is -0.274. The number of benzene rings is 7. The van der Waals surface area contributed by atoms with Crippen LogP contribution in [0.1, 0.15) is 51.6 Å². The molecular weight excluding hydrogens is 1020 g/mol. The third-order valence-corrected chi connectivity index (χ3v) is 14.5. The highest BCUT2D eigenvalue weighted by molar-refractivity contribution is 8.14. The summed E-state index contributed by atoms with van der Waals surface area (Å²) in [5.41, 5.74) is 23.6. The van der Waals surface area contributed by atoms with Gasteiger partial charge in [-0.25, -0.2) is 20.0 Å². The minimum absolute atomic E-state index is 0.170. The Bertz CT molecular complexity index is 3460. The van der Waals surface area contributed by atoms with Crippen LogP contribution in [-0.2, 0) is 0 Å². The van der Waals surface area contributed by atoms with Gasteiger partial charge in [-0.1, -0.05) is 133 Å². The zero-order valence-electron chi connectivity index (χ0n) is 41.1. The quantitative estimate of drug-likeness (QED) is 0.0484. The van der Waals surface area contributed by atoms with Gasteiger partial charge in [0, 0.05) is 47.0 Å². The van der Waals surface area contributed by atoms with Crippen LogP contribution in [0.3, 0.4) is 0 Å². The van der Waals surface area contributed by atoms with E-state index in [0.717, 1.165) is 80.5 Å². The van der Waals surface area contributed by atoms with Gasteiger partial charge >= 0.3 is 6.36 Å². The van der Waals surface area contributed by atoms with Crippen LogP contribution in [0.4, 0.5) is 35.9 Å². The first-order valence-corrected chi connectivity index (χ1v) is 26.4. The zero-order chi connectivity index (χ0) is 53.1. The highest BCUT2D eigenvalue weighted by Gasteiger charge is 2.42. The number of hydrogen-bond donors (Lipinski definition) is 3. The van der Waals surface area contributed by atoms with Crippen molar-refractivity contribution in [2.45, 2.75) is 24.6 Å². The van der Waals surface area contributed by atoms with Gasteiger partial charge in [0.2, 0.25) is 0 Å². The number of alkyl halides is 3. The van der Waals surface area contributed by atoms with E-state index in [2.05, 4.69) is 111 Å². The summed E-state index contributed by atoms with van der Waals surface area (Å²) in [7, 11) is 0. The molecule has 386 valence electrons. The molecule has 14 nitrogen and oxygen atoms in total. The van der Waals surface area contributed by atoms with Crippen molar-refractivity contribution in [2.75, 3.05) is 34.4 Å². The molecule has 0 radical (unpaired) electrons. The molecule has 0 amide bonds. The fourth-order valence-corrected chi connectivity index (χ4v) is 10.6. The Morgan fingerprint density at radius 3 is 1.70 bits per heavy atom. The first-order valence-electron chi connectivity index (χ1n) is 24.4. The van der Waals surface area contributed by atoms with E-state index in [4.69, 9.17) is 21.7 Å². The van der Waals surface area contributed by atoms with Gasteiger partial charge in [0.15, 0.2) is 10.3 Å². The van der Waals surface area contributed by atoms with E-state index in [1.54, 1.807) is 60.2 Å². The van der Waals surface area contributed by atoms with Crippen LogP contribution in [0.15, 0.2) is 210 Å². The number of rotatable bonds is 16. The van der Waals surface area contributed by atoms with Crippen LogP contribution in [0.5, 0.6) is 11.5 Å². The summed E-state index contributed by atoms with van der Waals surface area (Å²) in [6, 6.07) is 52.5. The number of ether oxygens (including phenoxy) is 1. The van der Waals surface area contributed by atoms with Crippen LogP contribution in [-0.4, -0.2) is 83.2 Å². The van der Waals surface area contributed by atoms with Gasteiger partial charge in [0.1, 0.15) is 35.8 Å². The normalized spacial score (nSPS) is 18.3. The molecule has 1 saturated carbocycles. The first-order chi connectivity index (χ1) is 37.5. The maximum atomic E-state index is 12.5. The molecule has 1 aliphatic carbocycles. The van der Waals surface area contributed by atoms with E-state index < -0.39 is 6.36 Å². The molecule has 2 aliphatic heterocycles. The Morgan fingerprint density at radius 2 is 1.13 bits per heavy atom. The molecule has 10 rings (SSSR count). The second-order valence-corrected chi connectivity index (χ2v) is 19.8. The van der Waals surface area contributed by atoms with Crippen LogP contribution in [0.2, 0.25) is 0 Å². The molecule has 2 heterocycles. The minimum Gasteiger partial charge on any atom is -0.508 e. The second-order valence-electron chi connectivity index (χ2n) is 17.7. The van der Waals surface area contributed by atoms with Crippen LogP contribution in [0.25, 0.3) is 11.1 Å². The number of halogens is 3. The van der Waals surface area contributed by atoms with Gasteiger partial charge in [-0.05, 0) is 107 Å². The van der Waals surface area contributed by atoms with Crippen molar-refractivity contribution < 1.29 is 23.0 Å². The summed E-state index contributed by atoms with van der Waals surface area (Å²) in [5.74, 6) is 2.78. The van der Waals surface area contributed by atoms with Gasteiger partial charge < -0.3 is 31.1 Å². The smallest absolute Gasteiger partial charge is 0.508 e. The second kappa shape index (κ2) is 23.8. The van der Waals surface area contributed by atoms with Crippen molar-refractivity contribution >= 4 is 93.4 Å². The molecule has 3 aliphatic rings. The maximum absolute atomic E-state index is 12.5. The van der Waals surface area contributed by atoms with E-state index in [-0.39, 0.29) is 17.3 Å². The van der Waals surface area contributed by atoms with Gasteiger partial charge in [0.05, 0.1) is 29.5 Å². The Kier molecular flexibility index (Phi) is 16.0. The van der Waals surface area contributed by atoms with Crippen molar-refractivity contribution in [1.82, 2.24) is 0 Å². The Hall–Kier alpha value is -8.81. The van der Waals surface area contributed by atoms with E-state index in [0.29, 0.717) is 34.6 Å². The molecule has 3 fully saturated rings. The highest BCUT2D eigenvalue weighted by atomic mass is 32.2. The number of phenols is 1. The predicted molar refractivity (Wildman–Crippen MR) is 310 cm³/mol. The molecule has 0 aromatic heterocycles. The Morgan fingerprint density at radius 1 is 0.597 bits per heavy atom. The summed E-state index contributed by atoms with van der Waals surface area (Å²) in [5, 5.41) is 29.6. The van der Waals surface area contributed by atoms with E-state index >= 15 is 0 Å². The Labute approximate surface area is 451 Å². The van der Waals surface area contributed by atoms with Crippen LogP contribution in [0, 0.1) is 0 Å². The first kappa shape index (κ1) is 51.7. The fraction of sp³-hybridized carbons (Fsp3) is 0.138. The number of aliphatic imine (C=N–C) groups is 4. The van der Waals surface area contributed by atoms with E-state index in [1.165, 1.54) is 48.1 Å². The van der Waals surface area contributed by atoms with E-state index in [9.17, 15) is 18.3 Å². The topological polar surface area (TPSA) is 187 Å². The number of para-hydroxylation sites is 1. The molecule has 7 aromatic rings. The number of hydrogen-bond acceptors (Lipinski definition) is 10. The van der Waals surface area contributed by atoms with Gasteiger partial charge in [-0.15, -0.1) is 23.4 Å².